The van der Waals surface area contributed by atoms with Crippen LogP contribution >= 0.6 is 0 Å². The monoisotopic (exact) mass is 275 g/mol. The highest BCUT2D eigenvalue weighted by atomic mass is 16.5. The van der Waals surface area contributed by atoms with Crippen molar-refractivity contribution >= 4 is 5.97 Å². The van der Waals surface area contributed by atoms with Crippen LogP contribution in [0.3, 0.4) is 0 Å². The summed E-state index contributed by atoms with van der Waals surface area (Å²) in [6, 6.07) is 9.31. The Balaban J connectivity index is 1.91. The molecule has 2 rings (SSSR count). The Labute approximate surface area is 117 Å². The van der Waals surface area contributed by atoms with Gasteiger partial charge in [-0.2, -0.15) is 5.10 Å². The molecule has 6 heteroatoms. The predicted molar refractivity (Wildman–Crippen MR) is 73.4 cm³/mol. The number of nitrogens with zero attached hydrogens (tertiary/aromatic N) is 2. The second kappa shape index (κ2) is 6.72. The topological polar surface area (TPSA) is 79.4 Å². The van der Waals surface area contributed by atoms with E-state index in [9.17, 15) is 4.79 Å². The Kier molecular flexibility index (Phi) is 4.73. The van der Waals surface area contributed by atoms with E-state index in [1.54, 1.807) is 12.3 Å². The van der Waals surface area contributed by atoms with Gasteiger partial charge in [0.15, 0.2) is 12.4 Å². The maximum atomic E-state index is 11.3. The molecule has 0 saturated heterocycles. The molecular weight excluding hydrogens is 258 g/mol. The van der Waals surface area contributed by atoms with Crippen molar-refractivity contribution in [2.24, 2.45) is 5.73 Å². The van der Waals surface area contributed by atoms with Gasteiger partial charge in [0.2, 0.25) is 0 Å². The van der Waals surface area contributed by atoms with Crippen LogP contribution in [0.4, 0.5) is 0 Å². The first-order valence-corrected chi connectivity index (χ1v) is 6.26. The highest BCUT2D eigenvalue weighted by Gasteiger charge is 2.08. The minimum Gasteiger partial charge on any atom is -0.471 e. The number of nitrogens with two attached hydrogens (primary N) is 1. The number of benzene rings is 1. The molecule has 2 N–H and O–H groups in total. The van der Waals surface area contributed by atoms with Crippen molar-refractivity contribution in [2.45, 2.75) is 13.2 Å². The van der Waals surface area contributed by atoms with Crippen LogP contribution in [-0.2, 0) is 17.9 Å². The summed E-state index contributed by atoms with van der Waals surface area (Å²) in [5, 5.41) is 4.04. The van der Waals surface area contributed by atoms with Crippen LogP contribution in [0.2, 0.25) is 0 Å². The molecule has 0 unspecified atom stereocenters. The van der Waals surface area contributed by atoms with Crippen LogP contribution in [0, 0.1) is 0 Å². The summed E-state index contributed by atoms with van der Waals surface area (Å²) in [6.45, 7) is 0.858. The number of ether oxygens (including phenoxy) is 2. The van der Waals surface area contributed by atoms with Crippen molar-refractivity contribution in [1.82, 2.24) is 9.78 Å². The first kappa shape index (κ1) is 14.1. The zero-order valence-corrected chi connectivity index (χ0v) is 11.3. The van der Waals surface area contributed by atoms with Crippen molar-refractivity contribution in [3.05, 3.63) is 47.8 Å². The van der Waals surface area contributed by atoms with Gasteiger partial charge in [0.1, 0.15) is 5.75 Å². The minimum absolute atomic E-state index is 0.229. The standard InChI is InChI=1S/C14H17N3O3/c1-19-14(18)13-7-9-17(16-13)10-20-12-4-2-11(3-5-12)6-8-15/h2-5,7,9H,6,8,10,15H2,1H3. The fraction of sp³-hybridized carbons (Fsp3) is 0.286. The predicted octanol–water partition coefficient (Wildman–Crippen LogP) is 1.21. The zero-order valence-electron chi connectivity index (χ0n) is 11.3. The van der Waals surface area contributed by atoms with E-state index in [1.807, 2.05) is 24.3 Å². The molecule has 0 spiro atoms. The van der Waals surface area contributed by atoms with Gasteiger partial charge < -0.3 is 15.2 Å². The first-order chi connectivity index (χ1) is 9.72. The summed E-state index contributed by atoms with van der Waals surface area (Å²) in [6.07, 6.45) is 2.51. The quantitative estimate of drug-likeness (QED) is 0.801. The summed E-state index contributed by atoms with van der Waals surface area (Å²) in [4.78, 5) is 11.3. The lowest BCUT2D eigenvalue weighted by atomic mass is 10.1. The van der Waals surface area contributed by atoms with Crippen molar-refractivity contribution < 1.29 is 14.3 Å². The maximum Gasteiger partial charge on any atom is 0.358 e. The molecule has 0 atom stereocenters. The first-order valence-electron chi connectivity index (χ1n) is 6.26. The Hall–Kier alpha value is -2.34. The number of esters is 1. The average Bonchev–Trinajstić information content (AvgIpc) is 2.95. The molecule has 0 amide bonds. The van der Waals surface area contributed by atoms with E-state index < -0.39 is 5.97 Å². The van der Waals surface area contributed by atoms with Crippen LogP contribution in [0.1, 0.15) is 16.1 Å². The molecular formula is C14H17N3O3. The number of carbonyl (C=O) groups is 1. The fourth-order valence-electron chi connectivity index (χ4n) is 1.71. The second-order valence-electron chi connectivity index (χ2n) is 4.19. The molecule has 106 valence electrons. The van der Waals surface area contributed by atoms with Crippen molar-refractivity contribution in [2.75, 3.05) is 13.7 Å². The smallest absolute Gasteiger partial charge is 0.358 e. The summed E-state index contributed by atoms with van der Waals surface area (Å²) < 4.78 is 11.7. The third kappa shape index (κ3) is 3.58. The Morgan fingerprint density at radius 3 is 2.70 bits per heavy atom. The van der Waals surface area contributed by atoms with E-state index >= 15 is 0 Å². The van der Waals surface area contributed by atoms with Crippen LogP contribution in [-0.4, -0.2) is 29.4 Å². The van der Waals surface area contributed by atoms with Gasteiger partial charge in [-0.25, -0.2) is 9.48 Å². The van der Waals surface area contributed by atoms with Gasteiger partial charge in [-0.1, -0.05) is 12.1 Å². The Morgan fingerprint density at radius 2 is 2.05 bits per heavy atom. The van der Waals surface area contributed by atoms with Gasteiger partial charge in [-0.3, -0.25) is 0 Å². The molecule has 1 heterocycles. The van der Waals surface area contributed by atoms with Crippen molar-refractivity contribution in [3.63, 3.8) is 0 Å². The third-order valence-corrected chi connectivity index (χ3v) is 2.76. The highest BCUT2D eigenvalue weighted by Crippen LogP contribution is 2.13. The summed E-state index contributed by atoms with van der Waals surface area (Å²) in [7, 11) is 1.32. The largest absolute Gasteiger partial charge is 0.471 e. The van der Waals surface area contributed by atoms with Crippen LogP contribution in [0.25, 0.3) is 0 Å². The number of hydrogen-bond acceptors (Lipinski definition) is 5. The lowest BCUT2D eigenvalue weighted by molar-refractivity contribution is 0.0592. The summed E-state index contributed by atoms with van der Waals surface area (Å²) >= 11 is 0. The van der Waals surface area contributed by atoms with Crippen LogP contribution in [0.5, 0.6) is 5.75 Å². The highest BCUT2D eigenvalue weighted by molar-refractivity contribution is 5.86. The normalized spacial score (nSPS) is 10.3. The molecule has 2 aromatic rings. The van der Waals surface area contributed by atoms with Gasteiger partial charge in [-0.05, 0) is 36.7 Å². The summed E-state index contributed by atoms with van der Waals surface area (Å²) in [5.74, 6) is 0.274. The molecule has 0 bridgehead atoms. The van der Waals surface area contributed by atoms with Crippen molar-refractivity contribution in [3.8, 4) is 5.75 Å². The van der Waals surface area contributed by atoms with E-state index in [4.69, 9.17) is 10.5 Å². The number of methoxy groups -OCH3 is 1. The number of rotatable bonds is 6. The molecule has 1 aromatic carbocycles. The molecule has 0 saturated carbocycles. The molecule has 0 radical (unpaired) electrons. The van der Waals surface area contributed by atoms with Gasteiger partial charge >= 0.3 is 5.97 Å². The SMILES string of the molecule is COC(=O)c1ccn(COc2ccc(CCN)cc2)n1. The van der Waals surface area contributed by atoms with E-state index in [1.165, 1.54) is 17.4 Å². The maximum absolute atomic E-state index is 11.3. The van der Waals surface area contributed by atoms with E-state index in [0.29, 0.717) is 6.54 Å². The lowest BCUT2D eigenvalue weighted by Crippen LogP contribution is -2.08. The van der Waals surface area contributed by atoms with Crippen molar-refractivity contribution in [1.29, 1.82) is 0 Å². The minimum atomic E-state index is -0.463. The number of carbonyl (C=O) groups excluding carboxylic acids is 1. The molecule has 0 aliphatic rings. The van der Waals surface area contributed by atoms with Gasteiger partial charge in [0, 0.05) is 6.20 Å². The zero-order chi connectivity index (χ0) is 14.4. The number of hydrogen-bond donors (Lipinski definition) is 1. The second-order valence-corrected chi connectivity index (χ2v) is 4.19. The van der Waals surface area contributed by atoms with Gasteiger partial charge in [0.25, 0.3) is 0 Å². The molecule has 6 nitrogen and oxygen atoms in total. The van der Waals surface area contributed by atoms with Gasteiger partial charge in [0.05, 0.1) is 7.11 Å². The molecule has 1 aromatic heterocycles. The van der Waals surface area contributed by atoms with Crippen LogP contribution < -0.4 is 10.5 Å². The number of aromatic nitrogens is 2. The lowest BCUT2D eigenvalue weighted by Gasteiger charge is -2.07. The van der Waals surface area contributed by atoms with Gasteiger partial charge in [-0.15, -0.1) is 0 Å². The molecule has 0 aliphatic carbocycles. The third-order valence-electron chi connectivity index (χ3n) is 2.76. The summed E-state index contributed by atoms with van der Waals surface area (Å²) in [5.41, 5.74) is 6.92. The van der Waals surface area contributed by atoms with E-state index in [2.05, 4.69) is 9.84 Å². The molecule has 20 heavy (non-hydrogen) atoms. The van der Waals surface area contributed by atoms with E-state index in [-0.39, 0.29) is 12.4 Å². The average molecular weight is 275 g/mol. The Bertz CT molecular complexity index is 563. The van der Waals surface area contributed by atoms with E-state index in [0.717, 1.165) is 12.2 Å². The Morgan fingerprint density at radius 1 is 1.30 bits per heavy atom. The fourth-order valence-corrected chi connectivity index (χ4v) is 1.71. The molecule has 0 fully saturated rings. The van der Waals surface area contributed by atoms with Crippen LogP contribution in [0.15, 0.2) is 36.5 Å². The molecule has 0 aliphatic heterocycles.